The van der Waals surface area contributed by atoms with Crippen LogP contribution in [0, 0.1) is 17.1 Å². The minimum absolute atomic E-state index is 0.0450. The number of fused-ring (bicyclic) bond motifs is 1. The van der Waals surface area contributed by atoms with Gasteiger partial charge in [-0.25, -0.2) is 4.39 Å². The zero-order valence-corrected chi connectivity index (χ0v) is 33.9. The predicted molar refractivity (Wildman–Crippen MR) is 219 cm³/mol. The van der Waals surface area contributed by atoms with Gasteiger partial charge in [0, 0.05) is 60.1 Å². The van der Waals surface area contributed by atoms with E-state index in [4.69, 9.17) is 39.5 Å². The van der Waals surface area contributed by atoms with E-state index in [0.29, 0.717) is 39.7 Å². The molecule has 4 aliphatic heterocycles. The first-order chi connectivity index (χ1) is 25.9. The smallest absolute Gasteiger partial charge is 0.166 e. The molecule has 1 atom stereocenters. The van der Waals surface area contributed by atoms with Crippen LogP contribution in [0.3, 0.4) is 0 Å². The second kappa shape index (κ2) is 16.0. The number of allylic oxidation sites excluding steroid dienone is 1. The Hall–Kier alpha value is -3.38. The van der Waals surface area contributed by atoms with Crippen molar-refractivity contribution in [2.45, 2.75) is 77.2 Å². The standard InChI is InChI=1S/C39H45Cl3FN9OS/c1-22(16-44)36(47-31-7-6-29(40)34(42)35(31)43)27-14-23(15-30(41)37(27)45-5)46-38(28-21-54-33-18-50(11-10-26(28)33)25-19-53-20-25)32-17-52(49-48-32)24-8-12-51(13-9-24)39(2,3)4/h6-7,14-15,17,21,24-25,38,46-49H,5,8-13,18-20H2,1-4H3/b36-22-/t38-/m0/s1. The van der Waals surface area contributed by atoms with Crippen LogP contribution in [0.1, 0.15) is 68.1 Å². The van der Waals surface area contributed by atoms with Crippen molar-refractivity contribution in [3.05, 3.63) is 89.6 Å². The molecule has 5 heterocycles. The van der Waals surface area contributed by atoms with Gasteiger partial charge in [0.05, 0.1) is 74.8 Å². The molecule has 4 N–H and O–H groups in total. The van der Waals surface area contributed by atoms with Gasteiger partial charge in [-0.1, -0.05) is 34.8 Å². The summed E-state index contributed by atoms with van der Waals surface area (Å²) in [7, 11) is 0. The average Bonchev–Trinajstić information content (AvgIpc) is 3.79. The van der Waals surface area contributed by atoms with Crippen molar-refractivity contribution >= 4 is 75.6 Å². The summed E-state index contributed by atoms with van der Waals surface area (Å²) in [6.07, 6.45) is 5.19. The first-order valence-corrected chi connectivity index (χ1v) is 20.1. The van der Waals surface area contributed by atoms with E-state index in [1.807, 2.05) is 6.07 Å². The minimum atomic E-state index is -0.744. The first-order valence-electron chi connectivity index (χ1n) is 18.1. The summed E-state index contributed by atoms with van der Waals surface area (Å²) >= 11 is 21.0. The largest absolute Gasteiger partial charge is 0.378 e. The number of nitrogens with one attached hydrogen (secondary N) is 4. The lowest BCUT2D eigenvalue weighted by molar-refractivity contribution is -0.0691. The van der Waals surface area contributed by atoms with Gasteiger partial charge in [-0.2, -0.15) is 5.26 Å². The molecule has 15 heteroatoms. The Morgan fingerprint density at radius 3 is 2.56 bits per heavy atom. The van der Waals surface area contributed by atoms with Crippen molar-refractivity contribution in [3.63, 3.8) is 0 Å². The van der Waals surface area contributed by atoms with Crippen molar-refractivity contribution in [3.8, 4) is 6.07 Å². The summed E-state index contributed by atoms with van der Waals surface area (Å²) in [6, 6.07) is 9.34. The fourth-order valence-electron chi connectivity index (χ4n) is 7.56. The van der Waals surface area contributed by atoms with Crippen LogP contribution in [0.2, 0.25) is 15.1 Å². The molecular formula is C39H45Cl3FN9OS. The second-order valence-electron chi connectivity index (χ2n) is 15.2. The zero-order chi connectivity index (χ0) is 38.3. The van der Waals surface area contributed by atoms with E-state index in [-0.39, 0.29) is 32.9 Å². The van der Waals surface area contributed by atoms with Crippen LogP contribution in [0.5, 0.6) is 0 Å². The van der Waals surface area contributed by atoms with Gasteiger partial charge in [0.2, 0.25) is 0 Å². The quantitative estimate of drug-likeness (QED) is 0.0909. The molecule has 2 saturated heterocycles. The number of likely N-dealkylation sites (tertiary alicyclic amines) is 1. The van der Waals surface area contributed by atoms with E-state index in [1.165, 1.54) is 28.1 Å². The molecule has 0 aliphatic carbocycles. The summed E-state index contributed by atoms with van der Waals surface area (Å²) < 4.78 is 20.8. The summed E-state index contributed by atoms with van der Waals surface area (Å²) in [6.45, 7) is 17.7. The Morgan fingerprint density at radius 1 is 1.13 bits per heavy atom. The van der Waals surface area contributed by atoms with Gasteiger partial charge in [-0.3, -0.25) is 19.8 Å². The van der Waals surface area contributed by atoms with Crippen molar-refractivity contribution in [1.82, 2.24) is 25.8 Å². The molecule has 286 valence electrons. The lowest BCUT2D eigenvalue weighted by Gasteiger charge is -2.42. The zero-order valence-electron chi connectivity index (χ0n) is 30.8. The SMILES string of the molecule is C=Nc1c(Cl)cc(N[C@H](C2=CN(C3CCN(C(C)(C)C)CC3)NN2)c2csc3c2CCN(C2COC2)C3)cc1/C(Nc1ccc(Cl)c(Cl)c1F)=C(\C)C#N. The third kappa shape index (κ3) is 7.84. The van der Waals surface area contributed by atoms with Gasteiger partial charge in [0.25, 0.3) is 0 Å². The van der Waals surface area contributed by atoms with Gasteiger partial charge < -0.3 is 20.8 Å². The molecule has 7 rings (SSSR count). The van der Waals surface area contributed by atoms with Crippen LogP contribution in [-0.2, 0) is 17.7 Å². The molecule has 54 heavy (non-hydrogen) atoms. The third-order valence-corrected chi connectivity index (χ3v) is 12.9. The maximum atomic E-state index is 15.3. The molecule has 0 saturated carbocycles. The van der Waals surface area contributed by atoms with Crippen molar-refractivity contribution < 1.29 is 9.13 Å². The lowest BCUT2D eigenvalue weighted by Crippen LogP contribution is -2.52. The summed E-state index contributed by atoms with van der Waals surface area (Å²) in [4.78, 5) is 10.7. The van der Waals surface area contributed by atoms with E-state index >= 15 is 4.39 Å². The number of anilines is 2. The van der Waals surface area contributed by atoms with Crippen LogP contribution >= 0.6 is 46.1 Å². The van der Waals surface area contributed by atoms with E-state index in [0.717, 1.165) is 64.4 Å². The molecule has 0 unspecified atom stereocenters. The Labute approximate surface area is 335 Å². The van der Waals surface area contributed by atoms with Crippen molar-refractivity contribution in [2.24, 2.45) is 4.99 Å². The highest BCUT2D eigenvalue weighted by atomic mass is 35.5. The fraction of sp³-hybridized carbons (Fsp3) is 0.436. The van der Waals surface area contributed by atoms with Crippen molar-refractivity contribution in [2.75, 3.05) is 43.5 Å². The highest BCUT2D eigenvalue weighted by Gasteiger charge is 2.35. The Bertz CT molecular complexity index is 2030. The highest BCUT2D eigenvalue weighted by molar-refractivity contribution is 7.10. The van der Waals surface area contributed by atoms with Gasteiger partial charge in [0.1, 0.15) is 0 Å². The summed E-state index contributed by atoms with van der Waals surface area (Å²) in [5.74, 6) is -0.744. The number of hydrogen-bond donors (Lipinski definition) is 4. The minimum Gasteiger partial charge on any atom is -0.378 e. The molecule has 0 amide bonds. The van der Waals surface area contributed by atoms with Gasteiger partial charge in [0.15, 0.2) is 5.82 Å². The molecule has 1 aromatic heterocycles. The van der Waals surface area contributed by atoms with Gasteiger partial charge in [-0.15, -0.1) is 16.9 Å². The molecule has 3 aromatic rings. The molecular weight excluding hydrogens is 768 g/mol. The molecule has 10 nitrogen and oxygen atoms in total. The van der Waals surface area contributed by atoms with E-state index in [9.17, 15) is 5.26 Å². The normalized spacial score (nSPS) is 19.6. The van der Waals surface area contributed by atoms with Crippen LogP contribution < -0.4 is 21.6 Å². The number of thiophene rings is 1. The second-order valence-corrected chi connectivity index (χ2v) is 17.3. The number of nitriles is 1. The monoisotopic (exact) mass is 811 g/mol. The number of benzene rings is 2. The number of hydrogen-bond acceptors (Lipinski definition) is 11. The number of aliphatic imine (C=N–C) groups is 1. The molecule has 4 aliphatic rings. The maximum Gasteiger partial charge on any atom is 0.166 e. The number of halogens is 4. The molecule has 0 radical (unpaired) electrons. The first kappa shape index (κ1) is 38.9. The van der Waals surface area contributed by atoms with Crippen LogP contribution in [0.25, 0.3) is 5.70 Å². The van der Waals surface area contributed by atoms with E-state index in [1.54, 1.807) is 24.3 Å². The predicted octanol–water partition coefficient (Wildman–Crippen LogP) is 8.89. The van der Waals surface area contributed by atoms with E-state index < -0.39 is 5.82 Å². The number of nitrogens with zero attached hydrogens (tertiary/aromatic N) is 5. The summed E-state index contributed by atoms with van der Waals surface area (Å²) in [5.41, 5.74) is 12.7. The fourth-order valence-corrected chi connectivity index (χ4v) is 9.30. The molecule has 2 fully saturated rings. The van der Waals surface area contributed by atoms with E-state index in [2.05, 4.69) is 86.5 Å². The Kier molecular flexibility index (Phi) is 11.5. The molecule has 0 bridgehead atoms. The Morgan fingerprint density at radius 2 is 1.89 bits per heavy atom. The van der Waals surface area contributed by atoms with Crippen molar-refractivity contribution in [1.29, 1.82) is 5.26 Å². The highest BCUT2D eigenvalue weighted by Crippen LogP contribution is 2.43. The molecule has 2 aromatic carbocycles. The lowest BCUT2D eigenvalue weighted by atomic mass is 9.95. The third-order valence-electron chi connectivity index (χ3n) is 10.8. The average molecular weight is 813 g/mol. The van der Waals surface area contributed by atoms with Crippen LogP contribution in [-0.4, -0.2) is 72.0 Å². The Balaban J connectivity index is 1.25. The van der Waals surface area contributed by atoms with Gasteiger partial charge >= 0.3 is 0 Å². The maximum absolute atomic E-state index is 15.3. The number of rotatable bonds is 10. The van der Waals surface area contributed by atoms with Gasteiger partial charge in [-0.05, 0) is 94.4 Å². The van der Waals surface area contributed by atoms with Crippen LogP contribution in [0.4, 0.5) is 21.5 Å². The van der Waals surface area contributed by atoms with Crippen LogP contribution in [0.15, 0.2) is 52.1 Å². The topological polar surface area (TPSA) is 103 Å². The molecule has 0 spiro atoms. The summed E-state index contributed by atoms with van der Waals surface area (Å²) in [5, 5.41) is 21.6. The number of ether oxygens (including phenoxy) is 1. The number of hydrazine groups is 2. The number of piperidine rings is 1.